The number of sulfone groups is 1. The Morgan fingerprint density at radius 1 is 1.03 bits per heavy atom. The maximum atomic E-state index is 12.4. The van der Waals surface area contributed by atoms with E-state index in [1.807, 2.05) is 12.1 Å². The first-order chi connectivity index (χ1) is 14.4. The van der Waals surface area contributed by atoms with Gasteiger partial charge in [0.2, 0.25) is 5.91 Å². The van der Waals surface area contributed by atoms with Gasteiger partial charge in [-0.05, 0) is 54.1 Å². The van der Waals surface area contributed by atoms with E-state index in [0.29, 0.717) is 22.2 Å². The van der Waals surface area contributed by atoms with Gasteiger partial charge in [0.15, 0.2) is 21.3 Å². The average molecular weight is 447 g/mol. The van der Waals surface area contributed by atoms with Gasteiger partial charge in [0.25, 0.3) is 0 Å². The number of rotatable bonds is 8. The Kier molecular flexibility index (Phi) is 6.91. The summed E-state index contributed by atoms with van der Waals surface area (Å²) >= 11 is 5.78. The van der Waals surface area contributed by atoms with E-state index in [2.05, 4.69) is 10.3 Å². The van der Waals surface area contributed by atoms with Crippen LogP contribution in [-0.2, 0) is 21.2 Å². The molecular formula is C21H19ClN2O5S. The number of halogens is 1. The van der Waals surface area contributed by atoms with Gasteiger partial charge in [0, 0.05) is 29.2 Å². The molecule has 3 rings (SSSR count). The van der Waals surface area contributed by atoms with E-state index in [-0.39, 0.29) is 11.5 Å². The van der Waals surface area contributed by atoms with Crippen molar-refractivity contribution in [3.8, 4) is 11.5 Å². The lowest BCUT2D eigenvalue weighted by molar-refractivity contribution is -0.113. The van der Waals surface area contributed by atoms with E-state index in [1.54, 1.807) is 30.6 Å². The van der Waals surface area contributed by atoms with Crippen LogP contribution in [0, 0.1) is 0 Å². The second-order valence-corrected chi connectivity index (χ2v) is 8.70. The number of hydrogen-bond donors (Lipinski definition) is 1. The van der Waals surface area contributed by atoms with Gasteiger partial charge in [-0.3, -0.25) is 9.78 Å². The minimum Gasteiger partial charge on any atom is -0.493 e. The lowest BCUT2D eigenvalue weighted by Gasteiger charge is -2.13. The van der Waals surface area contributed by atoms with Crippen LogP contribution in [-0.4, -0.2) is 32.2 Å². The fourth-order valence-electron chi connectivity index (χ4n) is 2.60. The lowest BCUT2D eigenvalue weighted by atomic mass is 10.2. The summed E-state index contributed by atoms with van der Waals surface area (Å²) in [6.07, 6.45) is 3.32. The summed E-state index contributed by atoms with van der Waals surface area (Å²) in [4.78, 5) is 16.3. The number of anilines is 1. The van der Waals surface area contributed by atoms with Crippen LogP contribution < -0.4 is 14.8 Å². The molecule has 0 aliphatic carbocycles. The molecule has 0 fully saturated rings. The molecule has 0 radical (unpaired) electrons. The summed E-state index contributed by atoms with van der Waals surface area (Å²) < 4.78 is 35.9. The zero-order valence-electron chi connectivity index (χ0n) is 16.0. The predicted octanol–water partition coefficient (Wildman–Crippen LogP) is 3.74. The molecule has 2 aromatic carbocycles. The molecule has 9 heteroatoms. The fraction of sp³-hybridized carbons (Fsp3) is 0.143. The Labute approximate surface area is 179 Å². The van der Waals surface area contributed by atoms with Crippen LogP contribution in [0.2, 0.25) is 5.02 Å². The second kappa shape index (κ2) is 9.60. The first kappa shape index (κ1) is 21.6. The van der Waals surface area contributed by atoms with Crippen molar-refractivity contribution in [2.75, 3.05) is 18.2 Å². The lowest BCUT2D eigenvalue weighted by Crippen LogP contribution is -2.23. The van der Waals surface area contributed by atoms with Crippen LogP contribution in [0.15, 0.2) is 71.9 Å². The van der Waals surface area contributed by atoms with E-state index in [4.69, 9.17) is 21.1 Å². The van der Waals surface area contributed by atoms with Crippen molar-refractivity contribution in [1.82, 2.24) is 4.98 Å². The standard InChI is InChI=1S/C21H19ClN2O5S/c1-28-19-7-4-17(12-20(19)29-13-15-8-10-23-11-9-15)24-21(25)14-30(26,27)18-5-2-16(22)3-6-18/h2-12H,13-14H2,1H3,(H,24,25). The molecule has 0 unspecified atom stereocenters. The average Bonchev–Trinajstić information content (AvgIpc) is 2.73. The number of nitrogens with zero attached hydrogens (tertiary/aromatic N) is 1. The van der Waals surface area contributed by atoms with Gasteiger partial charge < -0.3 is 14.8 Å². The normalized spacial score (nSPS) is 11.0. The van der Waals surface area contributed by atoms with Gasteiger partial charge in [-0.1, -0.05) is 11.6 Å². The van der Waals surface area contributed by atoms with Crippen molar-refractivity contribution in [1.29, 1.82) is 0 Å². The second-order valence-electron chi connectivity index (χ2n) is 6.27. The highest BCUT2D eigenvalue weighted by Crippen LogP contribution is 2.31. The summed E-state index contributed by atoms with van der Waals surface area (Å²) in [5, 5.41) is 2.99. The van der Waals surface area contributed by atoms with Crippen molar-refractivity contribution in [3.63, 3.8) is 0 Å². The van der Waals surface area contributed by atoms with Crippen molar-refractivity contribution >= 4 is 33.0 Å². The molecule has 0 saturated carbocycles. The summed E-state index contributed by atoms with van der Waals surface area (Å²) in [5.41, 5.74) is 1.30. The molecule has 0 spiro atoms. The van der Waals surface area contributed by atoms with Gasteiger partial charge >= 0.3 is 0 Å². The summed E-state index contributed by atoms with van der Waals surface area (Å²) in [6, 6.07) is 14.1. The number of methoxy groups -OCH3 is 1. The van der Waals surface area contributed by atoms with Gasteiger partial charge in [-0.25, -0.2) is 8.42 Å². The van der Waals surface area contributed by atoms with Crippen molar-refractivity contribution < 1.29 is 22.7 Å². The number of carbonyl (C=O) groups excluding carboxylic acids is 1. The molecule has 0 atom stereocenters. The highest BCUT2D eigenvalue weighted by Gasteiger charge is 2.20. The molecule has 0 aliphatic rings. The number of nitrogens with one attached hydrogen (secondary N) is 1. The van der Waals surface area contributed by atoms with Crippen LogP contribution in [0.4, 0.5) is 5.69 Å². The van der Waals surface area contributed by atoms with Crippen LogP contribution in [0.3, 0.4) is 0 Å². The van der Waals surface area contributed by atoms with E-state index >= 15 is 0 Å². The summed E-state index contributed by atoms with van der Waals surface area (Å²) in [7, 11) is -2.29. The van der Waals surface area contributed by atoms with Gasteiger partial charge in [0.1, 0.15) is 12.4 Å². The first-order valence-electron chi connectivity index (χ1n) is 8.85. The van der Waals surface area contributed by atoms with Crippen LogP contribution in [0.5, 0.6) is 11.5 Å². The summed E-state index contributed by atoms with van der Waals surface area (Å²) in [6.45, 7) is 0.279. The van der Waals surface area contributed by atoms with Crippen molar-refractivity contribution in [3.05, 3.63) is 77.6 Å². The monoisotopic (exact) mass is 446 g/mol. The fourth-order valence-corrected chi connectivity index (χ4v) is 3.86. The molecule has 30 heavy (non-hydrogen) atoms. The van der Waals surface area contributed by atoms with Crippen LogP contribution in [0.25, 0.3) is 0 Å². The van der Waals surface area contributed by atoms with E-state index in [1.165, 1.54) is 31.4 Å². The molecule has 1 heterocycles. The van der Waals surface area contributed by atoms with Crippen LogP contribution in [0.1, 0.15) is 5.56 Å². The number of amides is 1. The zero-order valence-corrected chi connectivity index (χ0v) is 17.6. The number of aromatic nitrogens is 1. The molecule has 156 valence electrons. The number of benzene rings is 2. The Balaban J connectivity index is 1.69. The molecule has 1 N–H and O–H groups in total. The quantitative estimate of drug-likeness (QED) is 0.566. The third kappa shape index (κ3) is 5.71. The Morgan fingerprint density at radius 3 is 2.40 bits per heavy atom. The third-order valence-electron chi connectivity index (χ3n) is 4.08. The van der Waals surface area contributed by atoms with Gasteiger partial charge in [0.05, 0.1) is 12.0 Å². The van der Waals surface area contributed by atoms with E-state index in [9.17, 15) is 13.2 Å². The van der Waals surface area contributed by atoms with Gasteiger partial charge in [-0.15, -0.1) is 0 Å². The molecule has 0 saturated heterocycles. The van der Waals surface area contributed by atoms with Crippen molar-refractivity contribution in [2.45, 2.75) is 11.5 Å². The topological polar surface area (TPSA) is 94.6 Å². The molecule has 0 aliphatic heterocycles. The smallest absolute Gasteiger partial charge is 0.239 e. The minimum atomic E-state index is -3.80. The van der Waals surface area contributed by atoms with Gasteiger partial charge in [-0.2, -0.15) is 0 Å². The Morgan fingerprint density at radius 2 is 1.73 bits per heavy atom. The third-order valence-corrected chi connectivity index (χ3v) is 5.97. The predicted molar refractivity (Wildman–Crippen MR) is 114 cm³/mol. The van der Waals surface area contributed by atoms with E-state index in [0.717, 1.165) is 5.56 Å². The van der Waals surface area contributed by atoms with Crippen LogP contribution >= 0.6 is 11.6 Å². The molecule has 7 nitrogen and oxygen atoms in total. The molecule has 1 amide bonds. The zero-order chi connectivity index (χ0) is 21.6. The van der Waals surface area contributed by atoms with Crippen molar-refractivity contribution in [2.24, 2.45) is 0 Å². The SMILES string of the molecule is COc1ccc(NC(=O)CS(=O)(=O)c2ccc(Cl)cc2)cc1OCc1ccncc1. The molecule has 3 aromatic rings. The number of pyridine rings is 1. The summed E-state index contributed by atoms with van der Waals surface area (Å²) in [5.74, 6) is -0.479. The largest absolute Gasteiger partial charge is 0.493 e. The first-order valence-corrected chi connectivity index (χ1v) is 10.9. The molecular weight excluding hydrogens is 428 g/mol. The van der Waals surface area contributed by atoms with E-state index < -0.39 is 21.5 Å². The molecule has 1 aromatic heterocycles. The molecule has 0 bridgehead atoms. The highest BCUT2D eigenvalue weighted by molar-refractivity contribution is 7.92. The number of ether oxygens (including phenoxy) is 2. The highest BCUT2D eigenvalue weighted by atomic mass is 35.5. The maximum Gasteiger partial charge on any atom is 0.239 e. The number of carbonyl (C=O) groups is 1. The maximum absolute atomic E-state index is 12.4. The Hall–Kier alpha value is -3.10. The minimum absolute atomic E-state index is 0.0261. The number of hydrogen-bond acceptors (Lipinski definition) is 6. The Bertz CT molecular complexity index is 1120.